The fourth-order valence-electron chi connectivity index (χ4n) is 3.83. The molecule has 2 atom stereocenters. The van der Waals surface area contributed by atoms with Crippen molar-refractivity contribution in [1.29, 1.82) is 0 Å². The lowest BCUT2D eigenvalue weighted by Gasteiger charge is -2.37. The van der Waals surface area contributed by atoms with E-state index in [-0.39, 0.29) is 49.3 Å². The minimum absolute atomic E-state index is 0.0117. The number of nitrogens with zero attached hydrogens (tertiary/aromatic N) is 2. The van der Waals surface area contributed by atoms with E-state index in [4.69, 9.17) is 9.47 Å². The Morgan fingerprint density at radius 3 is 2.81 bits per heavy atom. The van der Waals surface area contributed by atoms with Crippen LogP contribution in [-0.4, -0.2) is 61.6 Å². The third-order valence-electron chi connectivity index (χ3n) is 5.82. The van der Waals surface area contributed by atoms with Gasteiger partial charge in [0.2, 0.25) is 11.8 Å². The van der Waals surface area contributed by atoms with E-state index in [1.54, 1.807) is 39.3 Å². The Hall–Kier alpha value is -2.45. The standard InChI is InChI=1S/C24H31FN2O4S/c1-4-17(2)13-26(24(29)16-30-3)14-23(28)27-11-9-22-18(10-12-32-22)20(27)15-31-21-8-6-5-7-19(21)25/h5-8,10,12,17,20H,4,9,11,13-16H2,1-3H3/t17-,20+/m0/s1. The Bertz CT molecular complexity index is 919. The van der Waals surface area contributed by atoms with Crippen LogP contribution in [0.15, 0.2) is 35.7 Å². The molecule has 1 aliphatic rings. The molecule has 0 saturated carbocycles. The topological polar surface area (TPSA) is 59.1 Å². The molecule has 6 nitrogen and oxygen atoms in total. The summed E-state index contributed by atoms with van der Waals surface area (Å²) in [5.41, 5.74) is 1.03. The normalized spacial score (nSPS) is 16.4. The van der Waals surface area contributed by atoms with E-state index >= 15 is 0 Å². The number of amides is 2. The Morgan fingerprint density at radius 2 is 2.09 bits per heavy atom. The Labute approximate surface area is 192 Å². The van der Waals surface area contributed by atoms with Crippen molar-refractivity contribution in [2.45, 2.75) is 32.7 Å². The zero-order valence-corrected chi connectivity index (χ0v) is 19.7. The van der Waals surface area contributed by atoms with Gasteiger partial charge < -0.3 is 19.3 Å². The highest BCUT2D eigenvalue weighted by Crippen LogP contribution is 2.34. The largest absolute Gasteiger partial charge is 0.488 e. The van der Waals surface area contributed by atoms with E-state index < -0.39 is 5.82 Å². The summed E-state index contributed by atoms with van der Waals surface area (Å²) in [7, 11) is 1.47. The molecule has 0 bridgehead atoms. The second kappa shape index (κ2) is 11.4. The maximum atomic E-state index is 14.1. The number of thiophene rings is 1. The van der Waals surface area contributed by atoms with Crippen LogP contribution < -0.4 is 4.74 Å². The van der Waals surface area contributed by atoms with Crippen molar-refractivity contribution in [1.82, 2.24) is 9.80 Å². The smallest absolute Gasteiger partial charge is 0.249 e. The Kier molecular flexibility index (Phi) is 8.64. The summed E-state index contributed by atoms with van der Waals surface area (Å²) in [6.07, 6.45) is 1.67. The monoisotopic (exact) mass is 462 g/mol. The number of hydrogen-bond acceptors (Lipinski definition) is 5. The van der Waals surface area contributed by atoms with Gasteiger partial charge in [-0.15, -0.1) is 11.3 Å². The molecular weight excluding hydrogens is 431 g/mol. The molecular formula is C24H31FN2O4S. The molecule has 2 aromatic rings. The van der Waals surface area contributed by atoms with Gasteiger partial charge in [-0.2, -0.15) is 0 Å². The summed E-state index contributed by atoms with van der Waals surface area (Å²) in [5.74, 6) is -0.341. The van der Waals surface area contributed by atoms with E-state index in [0.717, 1.165) is 18.4 Å². The molecule has 0 radical (unpaired) electrons. The first-order valence-corrected chi connectivity index (χ1v) is 11.8. The van der Waals surface area contributed by atoms with Crippen molar-refractivity contribution in [3.8, 4) is 5.75 Å². The summed E-state index contributed by atoms with van der Waals surface area (Å²) in [6, 6.07) is 7.92. The van der Waals surface area contributed by atoms with E-state index in [2.05, 4.69) is 13.8 Å². The highest BCUT2D eigenvalue weighted by Gasteiger charge is 2.33. The molecule has 0 saturated heterocycles. The van der Waals surface area contributed by atoms with Gasteiger partial charge in [0, 0.05) is 25.1 Å². The van der Waals surface area contributed by atoms with Crippen LogP contribution in [0, 0.1) is 11.7 Å². The fourth-order valence-corrected chi connectivity index (χ4v) is 4.76. The van der Waals surface area contributed by atoms with Crippen LogP contribution in [0.2, 0.25) is 0 Å². The highest BCUT2D eigenvalue weighted by atomic mass is 32.1. The Balaban J connectivity index is 1.77. The predicted octanol–water partition coefficient (Wildman–Crippen LogP) is 3.91. The van der Waals surface area contributed by atoms with E-state index in [0.29, 0.717) is 13.1 Å². The molecule has 3 rings (SSSR count). The van der Waals surface area contributed by atoms with Gasteiger partial charge in [0.1, 0.15) is 13.2 Å². The van der Waals surface area contributed by atoms with Crippen molar-refractivity contribution in [2.75, 3.05) is 40.0 Å². The van der Waals surface area contributed by atoms with Crippen LogP contribution in [0.3, 0.4) is 0 Å². The molecule has 1 aromatic carbocycles. The van der Waals surface area contributed by atoms with Crippen molar-refractivity contribution in [2.24, 2.45) is 5.92 Å². The molecule has 0 unspecified atom stereocenters. The summed E-state index contributed by atoms with van der Waals surface area (Å²) in [6.45, 7) is 5.23. The Morgan fingerprint density at radius 1 is 1.31 bits per heavy atom. The molecule has 32 heavy (non-hydrogen) atoms. The van der Waals surface area contributed by atoms with Gasteiger partial charge in [-0.1, -0.05) is 32.4 Å². The van der Waals surface area contributed by atoms with E-state index in [9.17, 15) is 14.0 Å². The third-order valence-corrected chi connectivity index (χ3v) is 6.82. The first kappa shape index (κ1) is 24.2. The lowest BCUT2D eigenvalue weighted by atomic mass is 10.00. The summed E-state index contributed by atoms with van der Waals surface area (Å²) >= 11 is 1.66. The molecule has 0 spiro atoms. The minimum Gasteiger partial charge on any atom is -0.488 e. The molecule has 8 heteroatoms. The molecule has 0 N–H and O–H groups in total. The second-order valence-corrected chi connectivity index (χ2v) is 9.11. The first-order valence-electron chi connectivity index (χ1n) is 10.9. The van der Waals surface area contributed by atoms with Gasteiger partial charge in [-0.05, 0) is 41.5 Å². The number of ether oxygens (including phenoxy) is 2. The third kappa shape index (κ3) is 5.86. The molecule has 1 aliphatic heterocycles. The highest BCUT2D eigenvalue weighted by molar-refractivity contribution is 7.10. The number of fused-ring (bicyclic) bond motifs is 1. The van der Waals surface area contributed by atoms with Crippen molar-refractivity contribution >= 4 is 23.2 Å². The summed E-state index contributed by atoms with van der Waals surface area (Å²) < 4.78 is 24.9. The van der Waals surface area contributed by atoms with Gasteiger partial charge in [-0.25, -0.2) is 4.39 Å². The molecule has 1 aromatic heterocycles. The fraction of sp³-hybridized carbons (Fsp3) is 0.500. The number of benzene rings is 1. The van der Waals surface area contributed by atoms with E-state index in [1.165, 1.54) is 18.1 Å². The number of carbonyl (C=O) groups is 2. The number of methoxy groups -OCH3 is 1. The molecule has 0 aliphatic carbocycles. The number of carbonyl (C=O) groups excluding carboxylic acids is 2. The summed E-state index contributed by atoms with van der Waals surface area (Å²) in [5, 5.41) is 2.01. The quantitative estimate of drug-likeness (QED) is 0.537. The molecule has 174 valence electrons. The SMILES string of the molecule is CC[C@H](C)CN(CC(=O)N1CCc2sccc2[C@H]1COc1ccccc1F)C(=O)COC. The molecule has 2 heterocycles. The van der Waals surface area contributed by atoms with Gasteiger partial charge >= 0.3 is 0 Å². The maximum absolute atomic E-state index is 14.1. The second-order valence-electron chi connectivity index (χ2n) is 8.11. The predicted molar refractivity (Wildman–Crippen MR) is 122 cm³/mol. The van der Waals surface area contributed by atoms with Gasteiger partial charge in [0.05, 0.1) is 12.6 Å². The molecule has 0 fully saturated rings. The van der Waals surface area contributed by atoms with Crippen LogP contribution in [0.4, 0.5) is 4.39 Å². The molecule has 2 amide bonds. The number of halogens is 1. The first-order chi connectivity index (χ1) is 15.4. The minimum atomic E-state index is -0.434. The number of hydrogen-bond donors (Lipinski definition) is 0. The lowest BCUT2D eigenvalue weighted by molar-refractivity contribution is -0.145. The van der Waals surface area contributed by atoms with Crippen LogP contribution in [0.5, 0.6) is 5.75 Å². The number of para-hydroxylation sites is 1. The van der Waals surface area contributed by atoms with Gasteiger partial charge in [-0.3, -0.25) is 9.59 Å². The van der Waals surface area contributed by atoms with Crippen LogP contribution in [-0.2, 0) is 20.7 Å². The summed E-state index contributed by atoms with van der Waals surface area (Å²) in [4.78, 5) is 30.5. The maximum Gasteiger partial charge on any atom is 0.249 e. The van der Waals surface area contributed by atoms with Crippen LogP contribution >= 0.6 is 11.3 Å². The van der Waals surface area contributed by atoms with Crippen molar-refractivity contribution in [3.63, 3.8) is 0 Å². The average Bonchev–Trinajstić information content (AvgIpc) is 3.27. The van der Waals surface area contributed by atoms with Crippen LogP contribution in [0.25, 0.3) is 0 Å². The zero-order chi connectivity index (χ0) is 23.1. The van der Waals surface area contributed by atoms with Gasteiger partial charge in [0.25, 0.3) is 0 Å². The number of rotatable bonds is 10. The van der Waals surface area contributed by atoms with Crippen LogP contribution in [0.1, 0.15) is 36.8 Å². The zero-order valence-electron chi connectivity index (χ0n) is 18.9. The van der Waals surface area contributed by atoms with Crippen molar-refractivity contribution in [3.05, 3.63) is 52.0 Å². The van der Waals surface area contributed by atoms with E-state index in [1.807, 2.05) is 11.4 Å². The average molecular weight is 463 g/mol. The van der Waals surface area contributed by atoms with Crippen molar-refractivity contribution < 1.29 is 23.5 Å². The van der Waals surface area contributed by atoms with Gasteiger partial charge in [0.15, 0.2) is 11.6 Å². The lowest BCUT2D eigenvalue weighted by Crippen LogP contribution is -2.49.